The number of rotatable bonds is 3. The van der Waals surface area contributed by atoms with Gasteiger partial charge in [0.1, 0.15) is 11.6 Å². The zero-order chi connectivity index (χ0) is 20.8. The molecule has 2 aromatic carbocycles. The van der Waals surface area contributed by atoms with Gasteiger partial charge in [-0.2, -0.15) is 18.2 Å². The Morgan fingerprint density at radius 2 is 1.79 bits per heavy atom. The van der Waals surface area contributed by atoms with Gasteiger partial charge in [0.15, 0.2) is 0 Å². The van der Waals surface area contributed by atoms with E-state index in [1.807, 2.05) is 0 Å². The van der Waals surface area contributed by atoms with Crippen LogP contribution in [0, 0.1) is 11.6 Å². The molecule has 1 aromatic heterocycles. The SMILES string of the molecule is O=C1CC(c2nc(-c3ccc(C(F)(F)F)cc3)no2)CN1c1cc(F)ccc1F. The maximum Gasteiger partial charge on any atom is 0.416 e. The van der Waals surface area contributed by atoms with Crippen molar-refractivity contribution in [2.45, 2.75) is 18.5 Å². The Morgan fingerprint density at radius 3 is 2.48 bits per heavy atom. The molecular formula is C19H12F5N3O2. The zero-order valence-corrected chi connectivity index (χ0v) is 14.6. The number of benzene rings is 2. The largest absolute Gasteiger partial charge is 0.416 e. The van der Waals surface area contributed by atoms with Crippen molar-refractivity contribution >= 4 is 11.6 Å². The summed E-state index contributed by atoms with van der Waals surface area (Å²) >= 11 is 0. The van der Waals surface area contributed by atoms with Crippen LogP contribution in [0.2, 0.25) is 0 Å². The van der Waals surface area contributed by atoms with E-state index in [-0.39, 0.29) is 30.4 Å². The fourth-order valence-electron chi connectivity index (χ4n) is 3.13. The van der Waals surface area contributed by atoms with Gasteiger partial charge in [-0.05, 0) is 24.3 Å². The Labute approximate surface area is 160 Å². The highest BCUT2D eigenvalue weighted by Gasteiger charge is 2.36. The van der Waals surface area contributed by atoms with Gasteiger partial charge in [-0.1, -0.05) is 17.3 Å². The number of aromatic nitrogens is 2. The fraction of sp³-hybridized carbons (Fsp3) is 0.211. The normalized spacial score (nSPS) is 17.2. The molecule has 1 saturated heterocycles. The van der Waals surface area contributed by atoms with Gasteiger partial charge in [-0.3, -0.25) is 4.79 Å². The molecule has 2 heterocycles. The molecule has 1 fully saturated rings. The quantitative estimate of drug-likeness (QED) is 0.596. The predicted octanol–water partition coefficient (Wildman–Crippen LogP) is 4.55. The third kappa shape index (κ3) is 3.69. The van der Waals surface area contributed by atoms with E-state index in [1.54, 1.807) is 0 Å². The summed E-state index contributed by atoms with van der Waals surface area (Å²) in [5.41, 5.74) is -0.676. The van der Waals surface area contributed by atoms with E-state index in [0.29, 0.717) is 5.56 Å². The van der Waals surface area contributed by atoms with Gasteiger partial charge >= 0.3 is 6.18 Å². The lowest BCUT2D eigenvalue weighted by atomic mass is 10.1. The number of alkyl halides is 3. The average Bonchev–Trinajstić information content (AvgIpc) is 3.30. The molecule has 0 aliphatic carbocycles. The zero-order valence-electron chi connectivity index (χ0n) is 14.6. The fourth-order valence-corrected chi connectivity index (χ4v) is 3.13. The first-order valence-electron chi connectivity index (χ1n) is 8.49. The molecule has 29 heavy (non-hydrogen) atoms. The van der Waals surface area contributed by atoms with Gasteiger partial charge in [0.2, 0.25) is 17.6 Å². The van der Waals surface area contributed by atoms with Crippen molar-refractivity contribution in [3.05, 3.63) is 65.6 Å². The molecule has 0 bridgehead atoms. The van der Waals surface area contributed by atoms with Crippen LogP contribution in [0.1, 0.15) is 23.8 Å². The van der Waals surface area contributed by atoms with E-state index >= 15 is 0 Å². The monoisotopic (exact) mass is 409 g/mol. The molecule has 1 atom stereocenters. The molecule has 0 saturated carbocycles. The number of nitrogens with zero attached hydrogens (tertiary/aromatic N) is 3. The van der Waals surface area contributed by atoms with Crippen LogP contribution in [-0.2, 0) is 11.0 Å². The minimum atomic E-state index is -4.46. The minimum Gasteiger partial charge on any atom is -0.339 e. The van der Waals surface area contributed by atoms with Crippen LogP contribution in [0.4, 0.5) is 27.6 Å². The lowest BCUT2D eigenvalue weighted by Crippen LogP contribution is -2.25. The molecule has 3 aromatic rings. The Hall–Kier alpha value is -3.30. The highest BCUT2D eigenvalue weighted by atomic mass is 19.4. The Balaban J connectivity index is 1.54. The molecular weight excluding hydrogens is 397 g/mol. The molecule has 0 spiro atoms. The summed E-state index contributed by atoms with van der Waals surface area (Å²) in [5.74, 6) is -2.25. The smallest absolute Gasteiger partial charge is 0.339 e. The van der Waals surface area contributed by atoms with Crippen molar-refractivity contribution < 1.29 is 31.3 Å². The standard InChI is InChI=1S/C19H12F5N3O2/c20-13-5-6-14(21)15(8-13)27-9-11(7-16(27)28)18-25-17(26-29-18)10-1-3-12(4-2-10)19(22,23)24/h1-6,8,11H,7,9H2. The van der Waals surface area contributed by atoms with E-state index in [1.165, 1.54) is 12.1 Å². The van der Waals surface area contributed by atoms with Crippen molar-refractivity contribution in [3.8, 4) is 11.4 Å². The Morgan fingerprint density at radius 1 is 1.07 bits per heavy atom. The van der Waals surface area contributed by atoms with Crippen LogP contribution in [0.25, 0.3) is 11.4 Å². The molecule has 1 aliphatic rings. The summed E-state index contributed by atoms with van der Waals surface area (Å²) in [4.78, 5) is 17.5. The van der Waals surface area contributed by atoms with Crippen LogP contribution in [0.3, 0.4) is 0 Å². The molecule has 150 valence electrons. The number of hydrogen-bond acceptors (Lipinski definition) is 4. The first-order valence-corrected chi connectivity index (χ1v) is 8.49. The van der Waals surface area contributed by atoms with Gasteiger partial charge in [0.05, 0.1) is 17.2 Å². The Bertz CT molecular complexity index is 1060. The highest BCUT2D eigenvalue weighted by molar-refractivity contribution is 5.96. The van der Waals surface area contributed by atoms with Crippen LogP contribution in [0.5, 0.6) is 0 Å². The molecule has 5 nitrogen and oxygen atoms in total. The van der Waals surface area contributed by atoms with Gasteiger partial charge in [-0.25, -0.2) is 8.78 Å². The average molecular weight is 409 g/mol. The summed E-state index contributed by atoms with van der Waals surface area (Å²) < 4.78 is 70.5. The summed E-state index contributed by atoms with van der Waals surface area (Å²) in [6.07, 6.45) is -4.51. The minimum absolute atomic E-state index is 0.00779. The van der Waals surface area contributed by atoms with Gasteiger partial charge in [0, 0.05) is 24.6 Å². The molecule has 10 heteroatoms. The number of carbonyl (C=O) groups is 1. The van der Waals surface area contributed by atoms with E-state index in [0.717, 1.165) is 35.2 Å². The van der Waals surface area contributed by atoms with Gasteiger partial charge < -0.3 is 9.42 Å². The molecule has 0 radical (unpaired) electrons. The van der Waals surface area contributed by atoms with Crippen molar-refractivity contribution in [3.63, 3.8) is 0 Å². The van der Waals surface area contributed by atoms with Gasteiger partial charge in [-0.15, -0.1) is 0 Å². The van der Waals surface area contributed by atoms with E-state index in [4.69, 9.17) is 4.52 Å². The van der Waals surface area contributed by atoms with E-state index in [2.05, 4.69) is 10.1 Å². The number of carbonyl (C=O) groups excluding carboxylic acids is 1. The number of amides is 1. The summed E-state index contributed by atoms with van der Waals surface area (Å²) in [5, 5.41) is 3.75. The predicted molar refractivity (Wildman–Crippen MR) is 90.8 cm³/mol. The summed E-state index contributed by atoms with van der Waals surface area (Å²) in [6, 6.07) is 7.04. The first kappa shape index (κ1) is 19.0. The lowest BCUT2D eigenvalue weighted by molar-refractivity contribution is -0.137. The maximum atomic E-state index is 14.0. The lowest BCUT2D eigenvalue weighted by Gasteiger charge is -2.16. The molecule has 4 rings (SSSR count). The molecule has 1 amide bonds. The molecule has 0 N–H and O–H groups in total. The van der Waals surface area contributed by atoms with Crippen molar-refractivity contribution in [2.24, 2.45) is 0 Å². The molecule has 1 unspecified atom stereocenters. The number of anilines is 1. The van der Waals surface area contributed by atoms with Crippen molar-refractivity contribution in [1.29, 1.82) is 0 Å². The van der Waals surface area contributed by atoms with E-state index < -0.39 is 35.2 Å². The number of hydrogen-bond donors (Lipinski definition) is 0. The first-order chi connectivity index (χ1) is 13.7. The highest BCUT2D eigenvalue weighted by Crippen LogP contribution is 2.34. The van der Waals surface area contributed by atoms with Gasteiger partial charge in [0.25, 0.3) is 0 Å². The third-order valence-electron chi connectivity index (χ3n) is 4.59. The van der Waals surface area contributed by atoms with Crippen LogP contribution < -0.4 is 4.90 Å². The maximum absolute atomic E-state index is 14.0. The van der Waals surface area contributed by atoms with Crippen molar-refractivity contribution in [1.82, 2.24) is 10.1 Å². The van der Waals surface area contributed by atoms with Crippen molar-refractivity contribution in [2.75, 3.05) is 11.4 Å². The van der Waals surface area contributed by atoms with E-state index in [9.17, 15) is 26.7 Å². The second-order valence-corrected chi connectivity index (χ2v) is 6.53. The second-order valence-electron chi connectivity index (χ2n) is 6.53. The van der Waals surface area contributed by atoms with Crippen LogP contribution >= 0.6 is 0 Å². The topological polar surface area (TPSA) is 59.2 Å². The van der Waals surface area contributed by atoms with Crippen LogP contribution in [0.15, 0.2) is 47.0 Å². The van der Waals surface area contributed by atoms with Crippen LogP contribution in [-0.4, -0.2) is 22.6 Å². The Kier molecular flexibility index (Phi) is 4.56. The number of halogens is 5. The summed E-state index contributed by atoms with van der Waals surface area (Å²) in [6.45, 7) is 0.00779. The second kappa shape index (κ2) is 6.94. The summed E-state index contributed by atoms with van der Waals surface area (Å²) in [7, 11) is 0. The molecule has 1 aliphatic heterocycles. The third-order valence-corrected chi connectivity index (χ3v) is 4.59.